The molecule has 1 amide bonds. The van der Waals surface area contributed by atoms with Crippen LogP contribution >= 0.6 is 0 Å². The number of pyridine rings is 1. The first-order valence-corrected chi connectivity index (χ1v) is 10.9. The molecule has 34 heavy (non-hydrogen) atoms. The highest BCUT2D eigenvalue weighted by Crippen LogP contribution is 2.32. The van der Waals surface area contributed by atoms with Gasteiger partial charge in [-0.25, -0.2) is 0 Å². The Labute approximate surface area is 197 Å². The lowest BCUT2D eigenvalue weighted by Crippen LogP contribution is -2.40. The monoisotopic (exact) mass is 471 g/mol. The molecule has 0 aliphatic carbocycles. The zero-order valence-electron chi connectivity index (χ0n) is 19.4. The first kappa shape index (κ1) is 25.1. The van der Waals surface area contributed by atoms with E-state index in [1.807, 2.05) is 60.4 Å². The van der Waals surface area contributed by atoms with E-state index in [4.69, 9.17) is 4.74 Å². The predicted octanol–water partition coefficient (Wildman–Crippen LogP) is 5.34. The molecule has 0 saturated heterocycles. The first-order chi connectivity index (χ1) is 16.2. The van der Waals surface area contributed by atoms with Gasteiger partial charge in [0.05, 0.1) is 7.11 Å². The van der Waals surface area contributed by atoms with E-state index in [0.717, 1.165) is 22.9 Å². The maximum atomic E-state index is 13.0. The molecule has 0 spiro atoms. The topological polar surface area (TPSA) is 54.5 Å². The fourth-order valence-electron chi connectivity index (χ4n) is 3.83. The average Bonchev–Trinajstić information content (AvgIpc) is 2.84. The molecule has 0 bridgehead atoms. The average molecular weight is 472 g/mol. The Morgan fingerprint density at radius 2 is 1.85 bits per heavy atom. The van der Waals surface area contributed by atoms with Crippen molar-refractivity contribution in [3.05, 3.63) is 89.2 Å². The van der Waals surface area contributed by atoms with Crippen molar-refractivity contribution in [3.63, 3.8) is 0 Å². The van der Waals surface area contributed by atoms with E-state index < -0.39 is 17.9 Å². The fraction of sp³-hybridized carbons (Fsp3) is 0.308. The SMILES string of the molecule is CNC(=O)[C@H](c1ccccc1)N(CCCc1ccc(C(F)(F)F)nc1)c1ccc(C)c(OC)c1. The van der Waals surface area contributed by atoms with Crippen molar-refractivity contribution in [2.45, 2.75) is 32.0 Å². The molecular weight excluding hydrogens is 443 g/mol. The molecule has 1 heterocycles. The summed E-state index contributed by atoms with van der Waals surface area (Å²) in [6, 6.07) is 17.1. The van der Waals surface area contributed by atoms with E-state index in [-0.39, 0.29) is 5.91 Å². The normalized spacial score (nSPS) is 12.2. The molecule has 0 fully saturated rings. The third kappa shape index (κ3) is 6.07. The van der Waals surface area contributed by atoms with Crippen molar-refractivity contribution in [1.82, 2.24) is 10.3 Å². The Balaban J connectivity index is 1.89. The highest BCUT2D eigenvalue weighted by atomic mass is 19.4. The molecule has 1 N–H and O–H groups in total. The summed E-state index contributed by atoms with van der Waals surface area (Å²) in [5.74, 6) is 0.542. The van der Waals surface area contributed by atoms with Crippen molar-refractivity contribution >= 4 is 11.6 Å². The number of amides is 1. The molecule has 3 aromatic rings. The summed E-state index contributed by atoms with van der Waals surface area (Å²) in [5.41, 5.74) is 2.40. The molecule has 0 aliphatic rings. The van der Waals surface area contributed by atoms with E-state index in [0.29, 0.717) is 30.7 Å². The molecular formula is C26H28F3N3O2. The molecule has 3 rings (SSSR count). The van der Waals surface area contributed by atoms with Crippen LogP contribution in [0.15, 0.2) is 66.9 Å². The molecule has 8 heteroatoms. The van der Waals surface area contributed by atoms with Gasteiger partial charge in [0.1, 0.15) is 17.5 Å². The number of anilines is 1. The predicted molar refractivity (Wildman–Crippen MR) is 126 cm³/mol. The number of likely N-dealkylation sites (N-methyl/N-ethyl adjacent to an activating group) is 1. The minimum atomic E-state index is -4.46. The Kier molecular flexibility index (Phi) is 8.15. The summed E-state index contributed by atoms with van der Waals surface area (Å²) < 4.78 is 43.9. The first-order valence-electron chi connectivity index (χ1n) is 10.9. The van der Waals surface area contributed by atoms with E-state index in [1.165, 1.54) is 12.3 Å². The molecule has 180 valence electrons. The van der Waals surface area contributed by atoms with Gasteiger partial charge in [-0.2, -0.15) is 13.2 Å². The number of aromatic nitrogens is 1. The zero-order chi connectivity index (χ0) is 24.7. The summed E-state index contributed by atoms with van der Waals surface area (Å²) in [5, 5.41) is 2.75. The van der Waals surface area contributed by atoms with Gasteiger partial charge < -0.3 is 15.0 Å². The fourth-order valence-corrected chi connectivity index (χ4v) is 3.83. The lowest BCUT2D eigenvalue weighted by Gasteiger charge is -2.33. The Morgan fingerprint density at radius 3 is 2.44 bits per heavy atom. The maximum Gasteiger partial charge on any atom is 0.433 e. The number of benzene rings is 2. The third-order valence-corrected chi connectivity index (χ3v) is 5.62. The van der Waals surface area contributed by atoms with Gasteiger partial charge in [-0.1, -0.05) is 42.5 Å². The van der Waals surface area contributed by atoms with Crippen LogP contribution in [-0.2, 0) is 17.4 Å². The molecule has 5 nitrogen and oxygen atoms in total. The summed E-state index contributed by atoms with van der Waals surface area (Å²) >= 11 is 0. The standard InChI is InChI=1S/C26H28F3N3O2/c1-18-11-13-21(16-22(18)34-3)32(24(25(33)30-2)20-9-5-4-6-10-20)15-7-8-19-12-14-23(31-17-19)26(27,28)29/h4-6,9-14,16-17,24H,7-8,15H2,1-3H3,(H,30,33)/t24-/m0/s1. The number of halogens is 3. The maximum absolute atomic E-state index is 13.0. The second-order valence-corrected chi connectivity index (χ2v) is 7.93. The van der Waals surface area contributed by atoms with Crippen molar-refractivity contribution < 1.29 is 22.7 Å². The molecule has 0 unspecified atom stereocenters. The van der Waals surface area contributed by atoms with Gasteiger partial charge in [0, 0.05) is 31.5 Å². The number of nitrogens with one attached hydrogen (secondary N) is 1. The van der Waals surface area contributed by atoms with Gasteiger partial charge in [0.15, 0.2) is 0 Å². The highest BCUT2D eigenvalue weighted by molar-refractivity contribution is 5.86. The molecule has 1 atom stereocenters. The Bertz CT molecular complexity index is 1090. The number of ether oxygens (including phenoxy) is 1. The van der Waals surface area contributed by atoms with Crippen molar-refractivity contribution in [1.29, 1.82) is 0 Å². The highest BCUT2D eigenvalue weighted by Gasteiger charge is 2.32. The van der Waals surface area contributed by atoms with Gasteiger partial charge >= 0.3 is 6.18 Å². The smallest absolute Gasteiger partial charge is 0.433 e. The molecule has 0 saturated carbocycles. The molecule has 0 aliphatic heterocycles. The van der Waals surface area contributed by atoms with E-state index in [2.05, 4.69) is 10.3 Å². The lowest BCUT2D eigenvalue weighted by molar-refractivity contribution is -0.141. The lowest BCUT2D eigenvalue weighted by atomic mass is 10.0. The van der Waals surface area contributed by atoms with E-state index in [9.17, 15) is 18.0 Å². The van der Waals surface area contributed by atoms with Crippen LogP contribution in [-0.4, -0.2) is 31.6 Å². The summed E-state index contributed by atoms with van der Waals surface area (Å²) in [7, 11) is 3.20. The number of nitrogens with zero attached hydrogens (tertiary/aromatic N) is 2. The van der Waals surface area contributed by atoms with E-state index in [1.54, 1.807) is 14.2 Å². The van der Waals surface area contributed by atoms with Crippen LogP contribution < -0.4 is 15.0 Å². The van der Waals surface area contributed by atoms with Gasteiger partial charge in [-0.15, -0.1) is 0 Å². The third-order valence-electron chi connectivity index (χ3n) is 5.62. The number of hydrogen-bond acceptors (Lipinski definition) is 4. The second kappa shape index (κ2) is 11.0. The van der Waals surface area contributed by atoms with Gasteiger partial charge in [0.2, 0.25) is 5.91 Å². The minimum absolute atomic E-state index is 0.165. The number of aryl methyl sites for hydroxylation is 2. The molecule has 1 aromatic heterocycles. The molecule has 2 aromatic carbocycles. The van der Waals surface area contributed by atoms with Crippen molar-refractivity contribution in [2.24, 2.45) is 0 Å². The number of rotatable bonds is 9. The number of methoxy groups -OCH3 is 1. The summed E-state index contributed by atoms with van der Waals surface area (Å²) in [4.78, 5) is 18.5. The number of alkyl halides is 3. The second-order valence-electron chi connectivity index (χ2n) is 7.93. The van der Waals surface area contributed by atoms with E-state index >= 15 is 0 Å². The van der Waals surface area contributed by atoms with Crippen LogP contribution in [0.5, 0.6) is 5.75 Å². The van der Waals surface area contributed by atoms with Crippen LogP contribution in [0.2, 0.25) is 0 Å². The minimum Gasteiger partial charge on any atom is -0.496 e. The molecule has 0 radical (unpaired) electrons. The largest absolute Gasteiger partial charge is 0.496 e. The summed E-state index contributed by atoms with van der Waals surface area (Å²) in [6.07, 6.45) is -2.09. The van der Waals surface area contributed by atoms with Crippen LogP contribution in [0.1, 0.15) is 34.8 Å². The van der Waals surface area contributed by atoms with Gasteiger partial charge in [-0.05, 0) is 48.6 Å². The number of carbonyl (C=O) groups is 1. The Hall–Kier alpha value is -3.55. The number of carbonyl (C=O) groups excluding carboxylic acids is 1. The van der Waals surface area contributed by atoms with Crippen LogP contribution in [0.4, 0.5) is 18.9 Å². The van der Waals surface area contributed by atoms with Gasteiger partial charge in [-0.3, -0.25) is 9.78 Å². The van der Waals surface area contributed by atoms with Crippen molar-refractivity contribution in [2.75, 3.05) is 25.6 Å². The zero-order valence-corrected chi connectivity index (χ0v) is 19.4. The van der Waals surface area contributed by atoms with Crippen LogP contribution in [0, 0.1) is 6.92 Å². The van der Waals surface area contributed by atoms with Crippen molar-refractivity contribution in [3.8, 4) is 5.75 Å². The van der Waals surface area contributed by atoms with Crippen LogP contribution in [0.25, 0.3) is 0 Å². The van der Waals surface area contributed by atoms with Crippen LogP contribution in [0.3, 0.4) is 0 Å². The number of hydrogen-bond donors (Lipinski definition) is 1. The van der Waals surface area contributed by atoms with Gasteiger partial charge in [0.25, 0.3) is 0 Å². The summed E-state index contributed by atoms with van der Waals surface area (Å²) in [6.45, 7) is 2.43. The Morgan fingerprint density at radius 1 is 1.12 bits per heavy atom. The quantitative estimate of drug-likeness (QED) is 0.458.